The summed E-state index contributed by atoms with van der Waals surface area (Å²) in [6.45, 7) is 0.349. The minimum atomic E-state index is -0.426. The van der Waals surface area contributed by atoms with E-state index in [-0.39, 0.29) is 11.4 Å². The molecular formula is C18H18N4O4. The summed E-state index contributed by atoms with van der Waals surface area (Å²) >= 11 is 0. The molecule has 0 atom stereocenters. The van der Waals surface area contributed by atoms with Crippen molar-refractivity contribution >= 4 is 11.6 Å². The normalized spacial score (nSPS) is 10.5. The van der Waals surface area contributed by atoms with Crippen molar-refractivity contribution in [3.05, 3.63) is 64.3 Å². The molecule has 0 amide bonds. The molecule has 0 aliphatic rings. The number of para-hydroxylation sites is 1. The van der Waals surface area contributed by atoms with Crippen molar-refractivity contribution in [1.29, 1.82) is 0 Å². The van der Waals surface area contributed by atoms with Gasteiger partial charge in [-0.3, -0.25) is 10.1 Å². The van der Waals surface area contributed by atoms with Gasteiger partial charge in [0.2, 0.25) is 5.95 Å². The number of nitro benzene ring substituents is 1. The number of hydrogen-bond donors (Lipinski definition) is 2. The maximum Gasteiger partial charge on any atom is 0.270 e. The number of nitrogens with one attached hydrogen (secondary N) is 1. The van der Waals surface area contributed by atoms with Crippen molar-refractivity contribution in [2.24, 2.45) is 7.05 Å². The van der Waals surface area contributed by atoms with Crippen molar-refractivity contribution < 1.29 is 14.8 Å². The Balaban J connectivity index is 1.82. The third kappa shape index (κ3) is 3.30. The lowest BCUT2D eigenvalue weighted by Crippen LogP contribution is -2.06. The monoisotopic (exact) mass is 354 g/mol. The number of anilines is 1. The first kappa shape index (κ1) is 17.3. The number of aromatic nitrogens is 2. The predicted molar refractivity (Wildman–Crippen MR) is 97.3 cm³/mol. The number of non-ortho nitro benzene ring substituents is 1. The van der Waals surface area contributed by atoms with Crippen LogP contribution in [0.4, 0.5) is 11.6 Å². The highest BCUT2D eigenvalue weighted by atomic mass is 16.6. The number of nitrogens with zero attached hydrogens (tertiary/aromatic N) is 3. The number of nitro groups is 1. The number of hydrogen-bond acceptors (Lipinski definition) is 6. The Labute approximate surface area is 149 Å². The number of benzene rings is 2. The van der Waals surface area contributed by atoms with Crippen LogP contribution in [-0.4, -0.2) is 26.7 Å². The molecule has 0 spiro atoms. The van der Waals surface area contributed by atoms with Gasteiger partial charge >= 0.3 is 0 Å². The lowest BCUT2D eigenvalue weighted by Gasteiger charge is -2.11. The largest absolute Gasteiger partial charge is 0.504 e. The first-order chi connectivity index (χ1) is 12.5. The molecule has 0 bridgehead atoms. The average molecular weight is 354 g/mol. The molecule has 0 radical (unpaired) electrons. The molecule has 3 rings (SSSR count). The maximum atomic E-state index is 11.0. The van der Waals surface area contributed by atoms with Crippen LogP contribution in [-0.2, 0) is 13.6 Å². The van der Waals surface area contributed by atoms with Crippen molar-refractivity contribution in [3.63, 3.8) is 0 Å². The fourth-order valence-electron chi connectivity index (χ4n) is 2.67. The van der Waals surface area contributed by atoms with Crippen molar-refractivity contribution in [2.75, 3.05) is 12.4 Å². The summed E-state index contributed by atoms with van der Waals surface area (Å²) in [5, 5.41) is 24.3. The van der Waals surface area contributed by atoms with Gasteiger partial charge in [-0.25, -0.2) is 4.98 Å². The highest BCUT2D eigenvalue weighted by Gasteiger charge is 2.13. The number of aromatic hydroxyl groups is 1. The summed E-state index contributed by atoms with van der Waals surface area (Å²) < 4.78 is 6.90. The quantitative estimate of drug-likeness (QED) is 0.520. The van der Waals surface area contributed by atoms with Crippen molar-refractivity contribution in [3.8, 4) is 22.8 Å². The summed E-state index contributed by atoms with van der Waals surface area (Å²) in [6, 6.07) is 11.7. The van der Waals surface area contributed by atoms with E-state index < -0.39 is 4.92 Å². The van der Waals surface area contributed by atoms with Gasteiger partial charge < -0.3 is 19.7 Å². The molecule has 0 fully saturated rings. The van der Waals surface area contributed by atoms with E-state index in [1.54, 1.807) is 41.1 Å². The molecule has 8 heteroatoms. The fraction of sp³-hybridized carbons (Fsp3) is 0.167. The number of phenols is 1. The minimum Gasteiger partial charge on any atom is -0.504 e. The summed E-state index contributed by atoms with van der Waals surface area (Å²) in [5.41, 5.74) is 2.14. The number of ether oxygens (including phenoxy) is 1. The second-order valence-electron chi connectivity index (χ2n) is 5.66. The van der Waals surface area contributed by atoms with Crippen LogP contribution < -0.4 is 10.1 Å². The zero-order chi connectivity index (χ0) is 18.7. The second kappa shape index (κ2) is 7.14. The van der Waals surface area contributed by atoms with Crippen LogP contribution in [0, 0.1) is 10.1 Å². The van der Waals surface area contributed by atoms with Crippen LogP contribution in [0.25, 0.3) is 11.3 Å². The minimum absolute atomic E-state index is 0.0273. The van der Waals surface area contributed by atoms with Crippen LogP contribution in [0.5, 0.6) is 11.5 Å². The van der Waals surface area contributed by atoms with Gasteiger partial charge in [-0.2, -0.15) is 0 Å². The molecule has 2 N–H and O–H groups in total. The number of rotatable bonds is 6. The third-order valence-corrected chi connectivity index (χ3v) is 4.08. The lowest BCUT2D eigenvalue weighted by molar-refractivity contribution is -0.384. The zero-order valence-electron chi connectivity index (χ0n) is 14.3. The molecule has 0 aliphatic carbocycles. The van der Waals surface area contributed by atoms with Crippen LogP contribution in [0.1, 0.15) is 5.56 Å². The standard InChI is InChI=1S/C18H18N4O4/c1-21-15(12-5-3-7-14(9-12)22(24)25)11-20-18(21)19-10-13-6-4-8-16(26-2)17(13)23/h3-9,11,23H,10H2,1-2H3,(H,19,20). The highest BCUT2D eigenvalue weighted by molar-refractivity contribution is 5.64. The van der Waals surface area contributed by atoms with E-state index in [1.807, 2.05) is 7.05 Å². The average Bonchev–Trinajstić information content (AvgIpc) is 3.01. The first-order valence-electron chi connectivity index (χ1n) is 7.86. The summed E-state index contributed by atoms with van der Waals surface area (Å²) in [7, 11) is 3.31. The van der Waals surface area contributed by atoms with Gasteiger partial charge in [-0.15, -0.1) is 0 Å². The molecule has 1 heterocycles. The van der Waals surface area contributed by atoms with E-state index in [9.17, 15) is 15.2 Å². The Kier molecular flexibility index (Phi) is 4.74. The van der Waals surface area contributed by atoms with E-state index >= 15 is 0 Å². The Bertz CT molecular complexity index is 952. The predicted octanol–water partition coefficient (Wildman–Crippen LogP) is 3.32. The van der Waals surface area contributed by atoms with Crippen LogP contribution in [0.3, 0.4) is 0 Å². The van der Waals surface area contributed by atoms with Crippen LogP contribution >= 0.6 is 0 Å². The Morgan fingerprint density at radius 1 is 1.31 bits per heavy atom. The molecule has 0 saturated carbocycles. The van der Waals surface area contributed by atoms with Crippen molar-refractivity contribution in [2.45, 2.75) is 6.54 Å². The van der Waals surface area contributed by atoms with Crippen LogP contribution in [0.2, 0.25) is 0 Å². The molecule has 0 unspecified atom stereocenters. The second-order valence-corrected chi connectivity index (χ2v) is 5.66. The molecule has 26 heavy (non-hydrogen) atoms. The summed E-state index contributed by atoms with van der Waals surface area (Å²) in [4.78, 5) is 14.9. The zero-order valence-corrected chi connectivity index (χ0v) is 14.3. The molecule has 0 aliphatic heterocycles. The smallest absolute Gasteiger partial charge is 0.270 e. The Morgan fingerprint density at radius 3 is 2.81 bits per heavy atom. The van der Waals surface area contributed by atoms with Gasteiger partial charge in [0.15, 0.2) is 11.5 Å². The number of methoxy groups -OCH3 is 1. The Hall–Kier alpha value is -3.55. The summed E-state index contributed by atoms with van der Waals surface area (Å²) in [6.07, 6.45) is 1.65. The number of phenolic OH excluding ortho intramolecular Hbond substituents is 1. The summed E-state index contributed by atoms with van der Waals surface area (Å²) in [5.74, 6) is 1.06. The van der Waals surface area contributed by atoms with Gasteiger partial charge in [0, 0.05) is 36.9 Å². The van der Waals surface area contributed by atoms with Gasteiger partial charge in [-0.05, 0) is 6.07 Å². The van der Waals surface area contributed by atoms with Gasteiger partial charge in [0.25, 0.3) is 5.69 Å². The number of imidazole rings is 1. The molecule has 8 nitrogen and oxygen atoms in total. The van der Waals surface area contributed by atoms with Crippen molar-refractivity contribution in [1.82, 2.24) is 9.55 Å². The third-order valence-electron chi connectivity index (χ3n) is 4.08. The first-order valence-corrected chi connectivity index (χ1v) is 7.86. The van der Waals surface area contributed by atoms with E-state index in [0.717, 1.165) is 5.69 Å². The molecule has 3 aromatic rings. The van der Waals surface area contributed by atoms with Gasteiger partial charge in [0.05, 0.1) is 23.9 Å². The Morgan fingerprint density at radius 2 is 2.08 bits per heavy atom. The topological polar surface area (TPSA) is 102 Å². The molecule has 0 saturated heterocycles. The maximum absolute atomic E-state index is 11.0. The van der Waals surface area contributed by atoms with E-state index in [1.165, 1.54) is 19.2 Å². The highest BCUT2D eigenvalue weighted by Crippen LogP contribution is 2.30. The molecule has 134 valence electrons. The van der Waals surface area contributed by atoms with Gasteiger partial charge in [-0.1, -0.05) is 24.3 Å². The lowest BCUT2D eigenvalue weighted by atomic mass is 10.1. The molecule has 2 aromatic carbocycles. The van der Waals surface area contributed by atoms with E-state index in [2.05, 4.69) is 10.3 Å². The SMILES string of the molecule is COc1cccc(CNc2ncc(-c3cccc([N+](=O)[O-])c3)n2C)c1O. The van der Waals surface area contributed by atoms with Gasteiger partial charge in [0.1, 0.15) is 0 Å². The molecular weight excluding hydrogens is 336 g/mol. The molecule has 1 aromatic heterocycles. The van der Waals surface area contributed by atoms with Crippen LogP contribution in [0.15, 0.2) is 48.7 Å². The van der Waals surface area contributed by atoms with E-state index in [0.29, 0.717) is 29.4 Å². The fourth-order valence-corrected chi connectivity index (χ4v) is 2.67. The van der Waals surface area contributed by atoms with E-state index in [4.69, 9.17) is 4.74 Å².